The van der Waals surface area contributed by atoms with Crippen LogP contribution in [0, 0.1) is 0 Å². The molecule has 0 radical (unpaired) electrons. The first-order valence-corrected chi connectivity index (χ1v) is 19.4. The molecule has 0 bridgehead atoms. The van der Waals surface area contributed by atoms with Crippen LogP contribution in [0.15, 0.2) is 177 Å². The zero-order chi connectivity index (χ0) is 36.4. The van der Waals surface area contributed by atoms with Crippen LogP contribution in [0.3, 0.4) is 0 Å². The summed E-state index contributed by atoms with van der Waals surface area (Å²) >= 11 is 3.64. The number of hydrogen-bond donors (Lipinski definition) is 0. The second-order valence-electron chi connectivity index (χ2n) is 13.0. The summed E-state index contributed by atoms with van der Waals surface area (Å²) in [6, 6.07) is 55.8. The van der Waals surface area contributed by atoms with Gasteiger partial charge in [-0.2, -0.15) is 0 Å². The van der Waals surface area contributed by atoms with Gasteiger partial charge in [-0.1, -0.05) is 102 Å². The molecule has 6 heteroatoms. The lowest BCUT2D eigenvalue weighted by atomic mass is 10.1. The van der Waals surface area contributed by atoms with Gasteiger partial charge in [0.2, 0.25) is 0 Å². The third-order valence-corrected chi connectivity index (χ3v) is 11.8. The van der Waals surface area contributed by atoms with Crippen molar-refractivity contribution in [3.63, 3.8) is 0 Å². The molecule has 0 fully saturated rings. The molecule has 0 unspecified atom stereocenters. The number of hydrogen-bond acceptors (Lipinski definition) is 6. The number of anilines is 6. The molecule has 0 saturated carbocycles. The molecule has 9 rings (SSSR count). The second kappa shape index (κ2) is 14.7. The molecule has 2 aliphatic heterocycles. The molecule has 0 amide bonds. The zero-order valence-electron chi connectivity index (χ0n) is 29.8. The summed E-state index contributed by atoms with van der Waals surface area (Å²) in [5, 5.41) is 0. The van der Waals surface area contributed by atoms with E-state index in [1.54, 1.807) is 14.2 Å². The van der Waals surface area contributed by atoms with Crippen LogP contribution in [0.25, 0.3) is 24.3 Å². The van der Waals surface area contributed by atoms with Crippen molar-refractivity contribution in [2.75, 3.05) is 24.0 Å². The zero-order valence-corrected chi connectivity index (χ0v) is 31.5. The van der Waals surface area contributed by atoms with E-state index in [1.165, 1.54) is 42.3 Å². The predicted octanol–water partition coefficient (Wildman–Crippen LogP) is 13.9. The Bertz CT molecular complexity index is 2370. The van der Waals surface area contributed by atoms with E-state index in [0.717, 1.165) is 45.1 Å². The van der Waals surface area contributed by atoms with Crippen molar-refractivity contribution in [2.24, 2.45) is 0 Å². The summed E-state index contributed by atoms with van der Waals surface area (Å²) in [5.41, 5.74) is 11.5. The molecule has 0 spiro atoms. The van der Waals surface area contributed by atoms with Crippen LogP contribution in [0.2, 0.25) is 0 Å². The number of nitrogens with zero attached hydrogens (tertiary/aromatic N) is 2. The van der Waals surface area contributed by atoms with Gasteiger partial charge in [-0.15, -0.1) is 0 Å². The standard InChI is InChI=1S/C48H36N2O2S2/c1-51-39-24-20-37(21-25-39)49-41-10-3-5-12-45(41)53-47-31-35(18-28-43(47)49)16-14-33-8-7-9-34(30-33)15-17-36-19-29-44-48(32-36)54-46-13-6-4-11-42(46)50(44)38-22-26-40(52-2)27-23-38/h3-32H,1-2H3/b16-14+,17-15+. The molecule has 7 aromatic rings. The number of ether oxygens (including phenoxy) is 2. The molecule has 2 aliphatic rings. The fraction of sp³-hybridized carbons (Fsp3) is 0.0417. The predicted molar refractivity (Wildman–Crippen MR) is 228 cm³/mol. The smallest absolute Gasteiger partial charge is 0.119 e. The van der Waals surface area contributed by atoms with Gasteiger partial charge in [0, 0.05) is 31.0 Å². The maximum atomic E-state index is 5.43. The Morgan fingerprint density at radius 3 is 1.19 bits per heavy atom. The second-order valence-corrected chi connectivity index (χ2v) is 15.2. The highest BCUT2D eigenvalue weighted by atomic mass is 32.2. The van der Waals surface area contributed by atoms with Crippen molar-refractivity contribution >= 4 is 82.0 Å². The summed E-state index contributed by atoms with van der Waals surface area (Å²) in [6.45, 7) is 0. The molecule has 7 aromatic carbocycles. The first-order chi connectivity index (χ1) is 26.6. The molecule has 0 saturated heterocycles. The Morgan fingerprint density at radius 1 is 0.370 bits per heavy atom. The molecular formula is C48H36N2O2S2. The minimum absolute atomic E-state index is 0.848. The van der Waals surface area contributed by atoms with E-state index in [2.05, 4.69) is 168 Å². The van der Waals surface area contributed by atoms with Crippen LogP contribution in [0.1, 0.15) is 22.3 Å². The molecule has 0 aromatic heterocycles. The Balaban J connectivity index is 0.949. The lowest BCUT2D eigenvalue weighted by Crippen LogP contribution is -2.14. The third kappa shape index (κ3) is 6.66. The molecule has 0 aliphatic carbocycles. The molecule has 54 heavy (non-hydrogen) atoms. The maximum Gasteiger partial charge on any atom is 0.119 e. The van der Waals surface area contributed by atoms with Crippen LogP contribution in [-0.4, -0.2) is 14.2 Å². The van der Waals surface area contributed by atoms with Gasteiger partial charge < -0.3 is 19.3 Å². The minimum atomic E-state index is 0.848. The summed E-state index contributed by atoms with van der Waals surface area (Å²) in [7, 11) is 3.40. The number of fused-ring (bicyclic) bond motifs is 4. The molecular weight excluding hydrogens is 701 g/mol. The van der Waals surface area contributed by atoms with Gasteiger partial charge in [0.25, 0.3) is 0 Å². The fourth-order valence-electron chi connectivity index (χ4n) is 6.92. The van der Waals surface area contributed by atoms with Gasteiger partial charge in [-0.3, -0.25) is 0 Å². The number of rotatable bonds is 8. The van der Waals surface area contributed by atoms with E-state index in [4.69, 9.17) is 9.47 Å². The quantitative estimate of drug-likeness (QED) is 0.144. The van der Waals surface area contributed by atoms with Crippen LogP contribution in [-0.2, 0) is 0 Å². The molecule has 0 atom stereocenters. The average Bonchev–Trinajstić information content (AvgIpc) is 3.23. The third-order valence-electron chi connectivity index (χ3n) is 9.61. The SMILES string of the molecule is COc1ccc(N2c3ccccc3Sc3cc(/C=C/c4cccc(/C=C/c5ccc6c(c5)Sc5ccccc5N6c5ccc(OC)cc5)c4)ccc32)cc1. The van der Waals surface area contributed by atoms with E-state index in [-0.39, 0.29) is 0 Å². The van der Waals surface area contributed by atoms with E-state index in [9.17, 15) is 0 Å². The van der Waals surface area contributed by atoms with E-state index in [0.29, 0.717) is 0 Å². The van der Waals surface area contributed by atoms with Crippen molar-refractivity contribution in [2.45, 2.75) is 19.6 Å². The van der Waals surface area contributed by atoms with Crippen LogP contribution in [0.4, 0.5) is 34.1 Å². The van der Waals surface area contributed by atoms with Crippen LogP contribution < -0.4 is 19.3 Å². The highest BCUT2D eigenvalue weighted by molar-refractivity contribution is 8.00. The Kier molecular flexibility index (Phi) is 9.21. The van der Waals surface area contributed by atoms with Crippen LogP contribution >= 0.6 is 23.5 Å². The lowest BCUT2D eigenvalue weighted by molar-refractivity contribution is 0.414. The van der Waals surface area contributed by atoms with Crippen molar-refractivity contribution in [1.29, 1.82) is 0 Å². The van der Waals surface area contributed by atoms with Crippen molar-refractivity contribution in [3.8, 4) is 11.5 Å². The number of para-hydroxylation sites is 2. The van der Waals surface area contributed by atoms with E-state index < -0.39 is 0 Å². The summed E-state index contributed by atoms with van der Waals surface area (Å²) in [4.78, 5) is 9.59. The van der Waals surface area contributed by atoms with Gasteiger partial charge in [0.1, 0.15) is 11.5 Å². The first-order valence-electron chi connectivity index (χ1n) is 17.8. The highest BCUT2D eigenvalue weighted by Gasteiger charge is 2.26. The largest absolute Gasteiger partial charge is 0.497 e. The first kappa shape index (κ1) is 33.7. The Morgan fingerprint density at radius 2 is 0.759 bits per heavy atom. The summed E-state index contributed by atoms with van der Waals surface area (Å²) in [6.07, 6.45) is 8.80. The van der Waals surface area contributed by atoms with Gasteiger partial charge in [0.15, 0.2) is 0 Å². The molecule has 4 nitrogen and oxygen atoms in total. The monoisotopic (exact) mass is 736 g/mol. The van der Waals surface area contributed by atoms with E-state index >= 15 is 0 Å². The minimum Gasteiger partial charge on any atom is -0.497 e. The summed E-state index contributed by atoms with van der Waals surface area (Å²) in [5.74, 6) is 1.70. The van der Waals surface area contributed by atoms with Crippen molar-refractivity contribution in [3.05, 3.63) is 180 Å². The van der Waals surface area contributed by atoms with Gasteiger partial charge in [0.05, 0.1) is 37.0 Å². The normalized spacial score (nSPS) is 13.0. The molecule has 262 valence electrons. The van der Waals surface area contributed by atoms with Crippen LogP contribution in [0.5, 0.6) is 11.5 Å². The Hall–Kier alpha value is -6.08. The maximum absolute atomic E-state index is 5.43. The molecule has 0 N–H and O–H groups in total. The molecule has 2 heterocycles. The van der Waals surface area contributed by atoms with Gasteiger partial charge in [-0.25, -0.2) is 0 Å². The summed E-state index contributed by atoms with van der Waals surface area (Å²) < 4.78 is 10.9. The number of methoxy groups -OCH3 is 2. The van der Waals surface area contributed by atoms with Gasteiger partial charge in [-0.05, 0) is 125 Å². The number of benzene rings is 7. The van der Waals surface area contributed by atoms with E-state index in [1.807, 2.05) is 47.8 Å². The lowest BCUT2D eigenvalue weighted by Gasteiger charge is -2.33. The topological polar surface area (TPSA) is 24.9 Å². The van der Waals surface area contributed by atoms with Crippen molar-refractivity contribution in [1.82, 2.24) is 0 Å². The highest BCUT2D eigenvalue weighted by Crippen LogP contribution is 2.53. The van der Waals surface area contributed by atoms with Gasteiger partial charge >= 0.3 is 0 Å². The fourth-order valence-corrected chi connectivity index (χ4v) is 9.14. The Labute approximate surface area is 325 Å². The van der Waals surface area contributed by atoms with Crippen molar-refractivity contribution < 1.29 is 9.47 Å². The average molecular weight is 737 g/mol.